The fourth-order valence-electron chi connectivity index (χ4n) is 1.76. The van der Waals surface area contributed by atoms with E-state index >= 15 is 0 Å². The van der Waals surface area contributed by atoms with Gasteiger partial charge in [0.05, 0.1) is 16.8 Å². The highest BCUT2D eigenvalue weighted by Crippen LogP contribution is 2.12. The molecule has 1 aromatic carbocycles. The van der Waals surface area contributed by atoms with Crippen LogP contribution in [0.4, 0.5) is 0 Å². The molecular weight excluding hydrogens is 252 g/mol. The van der Waals surface area contributed by atoms with Gasteiger partial charge in [-0.25, -0.2) is 13.4 Å². The lowest BCUT2D eigenvalue weighted by Crippen LogP contribution is -2.11. The van der Waals surface area contributed by atoms with Gasteiger partial charge in [0.1, 0.15) is 16.2 Å². The van der Waals surface area contributed by atoms with Gasteiger partial charge in [0.15, 0.2) is 0 Å². The van der Waals surface area contributed by atoms with Crippen LogP contribution in [-0.4, -0.2) is 35.9 Å². The van der Waals surface area contributed by atoms with Crippen LogP contribution >= 0.6 is 0 Å². The molecule has 0 N–H and O–H groups in total. The molecule has 0 amide bonds. The van der Waals surface area contributed by atoms with E-state index in [4.69, 9.17) is 0 Å². The molecule has 0 aliphatic rings. The Kier molecular flexibility index (Phi) is 3.47. The zero-order valence-corrected chi connectivity index (χ0v) is 10.9. The first-order valence-electron chi connectivity index (χ1n) is 5.60. The molecule has 1 heterocycles. The van der Waals surface area contributed by atoms with E-state index in [0.29, 0.717) is 6.42 Å². The first kappa shape index (κ1) is 12.8. The maximum atomic E-state index is 11.9. The summed E-state index contributed by atoms with van der Waals surface area (Å²) in [7, 11) is -3.01. The van der Waals surface area contributed by atoms with Gasteiger partial charge in [-0.3, -0.25) is 9.36 Å². The van der Waals surface area contributed by atoms with E-state index in [9.17, 15) is 13.2 Å². The number of hydrogen-bond acceptors (Lipinski definition) is 4. The lowest BCUT2D eigenvalue weighted by molar-refractivity contribution is 0.0907. The third kappa shape index (κ3) is 2.95. The van der Waals surface area contributed by atoms with Crippen molar-refractivity contribution in [1.29, 1.82) is 0 Å². The van der Waals surface area contributed by atoms with Gasteiger partial charge in [0.25, 0.3) is 0 Å². The second-order valence-electron chi connectivity index (χ2n) is 4.23. The second-order valence-corrected chi connectivity index (χ2v) is 6.49. The van der Waals surface area contributed by atoms with Crippen LogP contribution in [0, 0.1) is 0 Å². The van der Waals surface area contributed by atoms with Gasteiger partial charge >= 0.3 is 0 Å². The molecular formula is C12H14N2O3S. The Balaban J connectivity index is 2.10. The molecule has 0 atom stereocenters. The summed E-state index contributed by atoms with van der Waals surface area (Å²) >= 11 is 0. The van der Waals surface area contributed by atoms with E-state index < -0.39 is 9.84 Å². The van der Waals surface area contributed by atoms with Gasteiger partial charge in [-0.05, 0) is 18.6 Å². The van der Waals surface area contributed by atoms with E-state index in [-0.39, 0.29) is 18.1 Å². The third-order valence-electron chi connectivity index (χ3n) is 2.63. The molecule has 0 spiro atoms. The summed E-state index contributed by atoms with van der Waals surface area (Å²) in [5, 5.41) is 0. The number of carbonyl (C=O) groups excluding carboxylic acids is 1. The number of sulfone groups is 1. The molecule has 0 unspecified atom stereocenters. The van der Waals surface area contributed by atoms with Crippen molar-refractivity contribution >= 4 is 26.8 Å². The summed E-state index contributed by atoms with van der Waals surface area (Å²) in [4.78, 5) is 16.1. The van der Waals surface area contributed by atoms with E-state index in [2.05, 4.69) is 4.98 Å². The van der Waals surface area contributed by atoms with E-state index in [1.807, 2.05) is 24.3 Å². The Bertz CT molecular complexity index is 673. The Morgan fingerprint density at radius 2 is 2.06 bits per heavy atom. The molecule has 0 saturated carbocycles. The lowest BCUT2D eigenvalue weighted by atomic mass is 10.3. The summed E-state index contributed by atoms with van der Waals surface area (Å²) in [5.74, 6) is -0.0990. The zero-order chi connectivity index (χ0) is 13.2. The highest BCUT2D eigenvalue weighted by molar-refractivity contribution is 7.90. The number of para-hydroxylation sites is 2. The van der Waals surface area contributed by atoms with Crippen molar-refractivity contribution in [2.75, 3.05) is 12.0 Å². The SMILES string of the molecule is CS(=O)(=O)CCCC(=O)n1cnc2ccccc21. The summed E-state index contributed by atoms with van der Waals surface area (Å²) in [5.41, 5.74) is 1.51. The Labute approximate surface area is 105 Å². The zero-order valence-electron chi connectivity index (χ0n) is 10.0. The standard InChI is InChI=1S/C12H14N2O3S/c1-18(16,17)8-4-7-12(15)14-9-13-10-5-2-3-6-11(10)14/h2-3,5-6,9H,4,7-8H2,1H3. The summed E-state index contributed by atoms with van der Waals surface area (Å²) in [6, 6.07) is 7.34. The van der Waals surface area contributed by atoms with Crippen LogP contribution in [-0.2, 0) is 9.84 Å². The minimum absolute atomic E-state index is 0.0331. The molecule has 0 aliphatic heterocycles. The molecule has 0 radical (unpaired) electrons. The molecule has 0 aliphatic carbocycles. The van der Waals surface area contributed by atoms with Crippen LogP contribution in [0.3, 0.4) is 0 Å². The number of benzene rings is 1. The maximum absolute atomic E-state index is 11.9. The van der Waals surface area contributed by atoms with Crippen molar-refractivity contribution in [3.05, 3.63) is 30.6 Å². The molecule has 0 saturated heterocycles. The van der Waals surface area contributed by atoms with Crippen molar-refractivity contribution in [2.45, 2.75) is 12.8 Å². The molecule has 1 aromatic heterocycles. The Hall–Kier alpha value is -1.69. The average molecular weight is 266 g/mol. The van der Waals surface area contributed by atoms with Crippen molar-refractivity contribution in [2.24, 2.45) is 0 Å². The van der Waals surface area contributed by atoms with Crippen LogP contribution in [0.25, 0.3) is 11.0 Å². The number of rotatable bonds is 4. The van der Waals surface area contributed by atoms with Crippen LogP contribution in [0.1, 0.15) is 17.6 Å². The van der Waals surface area contributed by atoms with Crippen LogP contribution in [0.15, 0.2) is 30.6 Å². The van der Waals surface area contributed by atoms with Gasteiger partial charge in [-0.1, -0.05) is 12.1 Å². The predicted octanol–water partition coefficient (Wildman–Crippen LogP) is 1.50. The van der Waals surface area contributed by atoms with Gasteiger partial charge < -0.3 is 0 Å². The van der Waals surface area contributed by atoms with E-state index in [0.717, 1.165) is 11.0 Å². The molecule has 18 heavy (non-hydrogen) atoms. The molecule has 6 heteroatoms. The minimum Gasteiger partial charge on any atom is -0.274 e. The normalized spacial score (nSPS) is 11.8. The largest absolute Gasteiger partial charge is 0.274 e. The highest BCUT2D eigenvalue weighted by atomic mass is 32.2. The summed E-state index contributed by atoms with van der Waals surface area (Å²) in [6.07, 6.45) is 3.19. The number of hydrogen-bond donors (Lipinski definition) is 0. The van der Waals surface area contributed by atoms with Gasteiger partial charge in [0.2, 0.25) is 5.91 Å². The van der Waals surface area contributed by atoms with Gasteiger partial charge in [-0.15, -0.1) is 0 Å². The van der Waals surface area contributed by atoms with Crippen molar-refractivity contribution in [3.63, 3.8) is 0 Å². The smallest absolute Gasteiger partial charge is 0.232 e. The fraction of sp³-hybridized carbons (Fsp3) is 0.333. The fourth-order valence-corrected chi connectivity index (χ4v) is 2.43. The monoisotopic (exact) mass is 266 g/mol. The van der Waals surface area contributed by atoms with Crippen LogP contribution < -0.4 is 0 Å². The predicted molar refractivity (Wildman–Crippen MR) is 69.3 cm³/mol. The maximum Gasteiger partial charge on any atom is 0.232 e. The number of aromatic nitrogens is 2. The molecule has 2 rings (SSSR count). The molecule has 0 fully saturated rings. The summed E-state index contributed by atoms with van der Waals surface area (Å²) in [6.45, 7) is 0. The number of nitrogens with zero attached hydrogens (tertiary/aromatic N) is 2. The van der Waals surface area contributed by atoms with Crippen molar-refractivity contribution in [1.82, 2.24) is 9.55 Å². The Morgan fingerprint density at radius 3 is 2.78 bits per heavy atom. The highest BCUT2D eigenvalue weighted by Gasteiger charge is 2.10. The molecule has 5 nitrogen and oxygen atoms in total. The average Bonchev–Trinajstić information content (AvgIpc) is 2.70. The van der Waals surface area contributed by atoms with Gasteiger partial charge in [-0.2, -0.15) is 0 Å². The molecule has 96 valence electrons. The quantitative estimate of drug-likeness (QED) is 0.841. The number of carbonyl (C=O) groups is 1. The minimum atomic E-state index is -3.01. The van der Waals surface area contributed by atoms with Gasteiger partial charge in [0, 0.05) is 12.7 Å². The third-order valence-corrected chi connectivity index (χ3v) is 3.66. The second kappa shape index (κ2) is 4.89. The molecule has 0 bridgehead atoms. The lowest BCUT2D eigenvalue weighted by Gasteiger charge is -2.02. The topological polar surface area (TPSA) is 69.0 Å². The van der Waals surface area contributed by atoms with Crippen LogP contribution in [0.2, 0.25) is 0 Å². The van der Waals surface area contributed by atoms with E-state index in [1.54, 1.807) is 0 Å². The van der Waals surface area contributed by atoms with Crippen molar-refractivity contribution in [3.8, 4) is 0 Å². The first-order chi connectivity index (χ1) is 8.47. The number of imidazole rings is 1. The van der Waals surface area contributed by atoms with Crippen LogP contribution in [0.5, 0.6) is 0 Å². The first-order valence-corrected chi connectivity index (χ1v) is 7.66. The summed E-state index contributed by atoms with van der Waals surface area (Å²) < 4.78 is 23.4. The Morgan fingerprint density at radius 1 is 1.33 bits per heavy atom. The van der Waals surface area contributed by atoms with Crippen molar-refractivity contribution < 1.29 is 13.2 Å². The van der Waals surface area contributed by atoms with E-state index in [1.165, 1.54) is 17.2 Å². The number of fused-ring (bicyclic) bond motifs is 1. The molecule has 2 aromatic rings.